The quantitative estimate of drug-likeness (QED) is 0.467. The molecule has 0 bridgehead atoms. The molecule has 0 fully saturated rings. The highest BCUT2D eigenvalue weighted by Gasteiger charge is 2.29. The number of aliphatic hydroxyl groups excluding tert-OH is 1. The molecular weight excluding hydrogens is 216 g/mol. The highest BCUT2D eigenvalue weighted by Crippen LogP contribution is 2.23. The summed E-state index contributed by atoms with van der Waals surface area (Å²) >= 11 is 0. The number of carboxylic acids is 2. The van der Waals surface area contributed by atoms with Crippen molar-refractivity contribution in [3.63, 3.8) is 0 Å². The molecule has 88 valence electrons. The Kier molecular flexibility index (Phi) is 3.68. The summed E-state index contributed by atoms with van der Waals surface area (Å²) in [6, 6.07) is 0. The van der Waals surface area contributed by atoms with Crippen LogP contribution in [0.3, 0.4) is 0 Å². The second-order valence-corrected chi connectivity index (χ2v) is 3.43. The van der Waals surface area contributed by atoms with E-state index in [1.165, 1.54) is 6.08 Å². The Hall–Kier alpha value is -1.82. The maximum atomic E-state index is 10.7. The fraction of sp³-hybridized carbons (Fsp3) is 0.400. The first-order valence-corrected chi connectivity index (χ1v) is 4.61. The second kappa shape index (κ2) is 4.80. The lowest BCUT2D eigenvalue weighted by Crippen LogP contribution is -2.33. The molecule has 1 rings (SSSR count). The van der Waals surface area contributed by atoms with Gasteiger partial charge in [0.1, 0.15) is 6.10 Å². The fourth-order valence-electron chi connectivity index (χ4n) is 1.38. The van der Waals surface area contributed by atoms with Gasteiger partial charge in [0.05, 0.1) is 6.10 Å². The molecule has 2 atom stereocenters. The molecule has 0 aliphatic heterocycles. The number of rotatable bonds is 4. The van der Waals surface area contributed by atoms with Gasteiger partial charge in [-0.1, -0.05) is 6.08 Å². The molecular formula is C10H12O6. The molecule has 1 aliphatic carbocycles. The van der Waals surface area contributed by atoms with Gasteiger partial charge in [-0.25, -0.2) is 9.59 Å². The van der Waals surface area contributed by atoms with Gasteiger partial charge in [-0.05, 0) is 13.0 Å². The van der Waals surface area contributed by atoms with Crippen molar-refractivity contribution in [2.45, 2.75) is 25.0 Å². The standard InChI is InChI=1S/C10H12O6/c1-5(9(12)13)16-8-4-6(10(14)15)2-3-7(8)11/h2,7-8,11H,1,3-4H2,(H,12,13)(H,14,15)/t7-,8-/m1/s1. The molecule has 0 saturated carbocycles. The Morgan fingerprint density at radius 3 is 2.56 bits per heavy atom. The first kappa shape index (κ1) is 12.3. The minimum absolute atomic E-state index is 0.0389. The summed E-state index contributed by atoms with van der Waals surface area (Å²) in [4.78, 5) is 21.1. The van der Waals surface area contributed by atoms with Crippen LogP contribution in [0.4, 0.5) is 0 Å². The van der Waals surface area contributed by atoms with E-state index in [0.717, 1.165) is 0 Å². The SMILES string of the molecule is C=C(O[C@@H]1CC(C(=O)O)=CC[C@H]1O)C(=O)O. The van der Waals surface area contributed by atoms with Crippen LogP contribution >= 0.6 is 0 Å². The Morgan fingerprint density at radius 2 is 2.06 bits per heavy atom. The molecule has 0 unspecified atom stereocenters. The van der Waals surface area contributed by atoms with Crippen LogP contribution in [0.2, 0.25) is 0 Å². The topological polar surface area (TPSA) is 104 Å². The van der Waals surface area contributed by atoms with Crippen molar-refractivity contribution < 1.29 is 29.6 Å². The van der Waals surface area contributed by atoms with Gasteiger partial charge in [0.15, 0.2) is 5.76 Å². The van der Waals surface area contributed by atoms with Gasteiger partial charge in [0.25, 0.3) is 0 Å². The highest BCUT2D eigenvalue weighted by atomic mass is 16.5. The second-order valence-electron chi connectivity index (χ2n) is 3.43. The van der Waals surface area contributed by atoms with Crippen LogP contribution in [0.25, 0.3) is 0 Å². The summed E-state index contributed by atoms with van der Waals surface area (Å²) in [6.45, 7) is 3.15. The van der Waals surface area contributed by atoms with Crippen LogP contribution in [0, 0.1) is 0 Å². The fourth-order valence-corrected chi connectivity index (χ4v) is 1.38. The molecule has 3 N–H and O–H groups in total. The Labute approximate surface area is 91.5 Å². The Bertz CT molecular complexity index is 356. The molecule has 16 heavy (non-hydrogen) atoms. The van der Waals surface area contributed by atoms with Crippen molar-refractivity contribution in [2.75, 3.05) is 0 Å². The van der Waals surface area contributed by atoms with Gasteiger partial charge in [-0.2, -0.15) is 0 Å². The summed E-state index contributed by atoms with van der Waals surface area (Å²) in [5, 5.41) is 26.8. The summed E-state index contributed by atoms with van der Waals surface area (Å²) in [5.74, 6) is -2.93. The summed E-state index contributed by atoms with van der Waals surface area (Å²) in [5.41, 5.74) is 0.105. The van der Waals surface area contributed by atoms with Crippen molar-refractivity contribution in [1.82, 2.24) is 0 Å². The normalized spacial score (nSPS) is 24.4. The van der Waals surface area contributed by atoms with E-state index in [2.05, 4.69) is 6.58 Å². The molecule has 0 radical (unpaired) electrons. The molecule has 0 aromatic carbocycles. The molecule has 0 heterocycles. The van der Waals surface area contributed by atoms with Crippen molar-refractivity contribution in [3.8, 4) is 0 Å². The summed E-state index contributed by atoms with van der Waals surface area (Å²) in [7, 11) is 0. The van der Waals surface area contributed by atoms with Gasteiger partial charge in [-0.3, -0.25) is 0 Å². The van der Waals surface area contributed by atoms with Gasteiger partial charge >= 0.3 is 11.9 Å². The third-order valence-electron chi connectivity index (χ3n) is 2.26. The number of carboxylic acid groups (broad SMARTS) is 2. The Morgan fingerprint density at radius 1 is 1.44 bits per heavy atom. The van der Waals surface area contributed by atoms with Crippen LogP contribution in [0.5, 0.6) is 0 Å². The lowest BCUT2D eigenvalue weighted by Gasteiger charge is -2.26. The van der Waals surface area contributed by atoms with Crippen molar-refractivity contribution in [1.29, 1.82) is 0 Å². The van der Waals surface area contributed by atoms with E-state index in [4.69, 9.17) is 14.9 Å². The lowest BCUT2D eigenvalue weighted by molar-refractivity contribution is -0.139. The third-order valence-corrected chi connectivity index (χ3v) is 2.26. The van der Waals surface area contributed by atoms with Crippen molar-refractivity contribution >= 4 is 11.9 Å². The third kappa shape index (κ3) is 2.83. The van der Waals surface area contributed by atoms with E-state index in [1.807, 2.05) is 0 Å². The molecule has 0 amide bonds. The van der Waals surface area contributed by atoms with Gasteiger partial charge in [0, 0.05) is 12.0 Å². The van der Waals surface area contributed by atoms with Gasteiger partial charge in [0.2, 0.25) is 0 Å². The zero-order valence-corrected chi connectivity index (χ0v) is 8.42. The van der Waals surface area contributed by atoms with E-state index >= 15 is 0 Å². The minimum atomic E-state index is -1.33. The van der Waals surface area contributed by atoms with Crippen LogP contribution in [0.1, 0.15) is 12.8 Å². The van der Waals surface area contributed by atoms with Crippen LogP contribution in [0.15, 0.2) is 24.0 Å². The summed E-state index contributed by atoms with van der Waals surface area (Å²) in [6.07, 6.45) is -0.308. The largest absolute Gasteiger partial charge is 0.481 e. The molecule has 0 aromatic rings. The number of aliphatic carboxylic acids is 2. The predicted octanol–water partition coefficient (Wildman–Crippen LogP) is 0.136. The zero-order chi connectivity index (χ0) is 12.3. The molecule has 0 spiro atoms. The van der Waals surface area contributed by atoms with Gasteiger partial charge in [-0.15, -0.1) is 0 Å². The zero-order valence-electron chi connectivity index (χ0n) is 8.42. The average molecular weight is 228 g/mol. The van der Waals surface area contributed by atoms with Crippen LogP contribution < -0.4 is 0 Å². The molecule has 6 heteroatoms. The molecule has 0 saturated heterocycles. The molecule has 6 nitrogen and oxygen atoms in total. The first-order valence-electron chi connectivity index (χ1n) is 4.61. The maximum Gasteiger partial charge on any atom is 0.370 e. The van der Waals surface area contributed by atoms with Crippen molar-refractivity contribution in [3.05, 3.63) is 24.0 Å². The highest BCUT2D eigenvalue weighted by molar-refractivity contribution is 5.87. The van der Waals surface area contributed by atoms with Gasteiger partial charge < -0.3 is 20.1 Å². The van der Waals surface area contributed by atoms with E-state index in [1.54, 1.807) is 0 Å². The number of ether oxygens (including phenoxy) is 1. The smallest absolute Gasteiger partial charge is 0.370 e. The monoisotopic (exact) mass is 228 g/mol. The van der Waals surface area contributed by atoms with Crippen LogP contribution in [-0.4, -0.2) is 39.5 Å². The van der Waals surface area contributed by atoms with E-state index < -0.39 is 29.9 Å². The molecule has 1 aliphatic rings. The van der Waals surface area contributed by atoms with Crippen LogP contribution in [-0.2, 0) is 14.3 Å². The number of hydrogen-bond donors (Lipinski definition) is 3. The maximum absolute atomic E-state index is 10.7. The van der Waals surface area contributed by atoms with E-state index in [9.17, 15) is 14.7 Å². The van der Waals surface area contributed by atoms with E-state index in [0.29, 0.717) is 0 Å². The minimum Gasteiger partial charge on any atom is -0.481 e. The number of hydrogen-bond acceptors (Lipinski definition) is 4. The number of aliphatic hydroxyl groups is 1. The number of carbonyl (C=O) groups is 2. The Balaban J connectivity index is 2.68. The van der Waals surface area contributed by atoms with E-state index in [-0.39, 0.29) is 18.4 Å². The average Bonchev–Trinajstić information content (AvgIpc) is 2.20. The molecule has 0 aromatic heterocycles. The predicted molar refractivity (Wildman–Crippen MR) is 52.6 cm³/mol. The lowest BCUT2D eigenvalue weighted by atomic mass is 9.94. The van der Waals surface area contributed by atoms with Crippen molar-refractivity contribution in [2.24, 2.45) is 0 Å². The first-order chi connectivity index (χ1) is 7.41. The summed E-state index contributed by atoms with van der Waals surface area (Å²) < 4.78 is 4.90.